The van der Waals surface area contributed by atoms with Gasteiger partial charge < -0.3 is 12.4 Å². The van der Waals surface area contributed by atoms with Crippen LogP contribution in [0, 0.1) is 0 Å². The third-order valence-electron chi connectivity index (χ3n) is 1.19. The standard InChI is InChI=1S/C7H4NS.ClH/c1-2-4-7-6(3-1)8-5-9-7;/h1-4H;1H/q+1;/p-1. The first-order chi connectivity index (χ1) is 4.47. The van der Waals surface area contributed by atoms with Gasteiger partial charge in [-0.2, -0.15) is 0 Å². The van der Waals surface area contributed by atoms with Crippen molar-refractivity contribution in [2.24, 2.45) is 4.99 Å². The topological polar surface area (TPSA) is 12.4 Å². The van der Waals surface area contributed by atoms with Crippen LogP contribution in [0.5, 0.6) is 0 Å². The number of nitrogens with zero attached hydrogens (tertiary/aromatic N) is 1. The molecule has 0 bridgehead atoms. The third kappa shape index (κ3) is 1.14. The molecular weight excluding hydrogens is 166 g/mol. The van der Waals surface area contributed by atoms with Gasteiger partial charge in [-0.3, -0.25) is 0 Å². The number of hydrogen-bond donors (Lipinski definition) is 0. The van der Waals surface area contributed by atoms with Crippen LogP contribution in [-0.4, -0.2) is 5.55 Å². The molecule has 0 unspecified atom stereocenters. The van der Waals surface area contributed by atoms with Crippen molar-refractivity contribution in [2.45, 2.75) is 4.90 Å². The summed E-state index contributed by atoms with van der Waals surface area (Å²) in [6, 6.07) is 8.02. The van der Waals surface area contributed by atoms with Crippen molar-refractivity contribution < 1.29 is 12.4 Å². The second-order valence-electron chi connectivity index (χ2n) is 1.77. The summed E-state index contributed by atoms with van der Waals surface area (Å²) in [5, 5.41) is 0. The minimum Gasteiger partial charge on any atom is -1.00 e. The summed E-state index contributed by atoms with van der Waals surface area (Å²) in [5.74, 6) is 0. The van der Waals surface area contributed by atoms with E-state index in [4.69, 9.17) is 0 Å². The highest BCUT2D eigenvalue weighted by Gasteiger charge is 2.17. The van der Waals surface area contributed by atoms with Crippen LogP contribution in [0.25, 0.3) is 0 Å². The van der Waals surface area contributed by atoms with E-state index >= 15 is 0 Å². The average Bonchev–Trinajstić information content (AvgIpc) is 2.33. The molecule has 3 heteroatoms. The lowest BCUT2D eigenvalue weighted by Gasteiger charge is -1.79. The molecule has 2 rings (SSSR count). The number of fused-ring (bicyclic) bond motifs is 1. The molecule has 0 aliphatic carbocycles. The number of halogens is 1. The number of aliphatic imine (C=N–C) groups is 1. The Morgan fingerprint density at radius 3 is 2.90 bits per heavy atom. The Morgan fingerprint density at radius 2 is 2.10 bits per heavy atom. The second kappa shape index (κ2) is 3.02. The molecule has 0 spiro atoms. The van der Waals surface area contributed by atoms with Crippen molar-refractivity contribution in [1.29, 1.82) is 0 Å². The van der Waals surface area contributed by atoms with Crippen molar-refractivity contribution in [3.05, 3.63) is 24.3 Å². The monoisotopic (exact) mass is 169 g/mol. The maximum Gasteiger partial charge on any atom is 0.272 e. The largest absolute Gasteiger partial charge is 1.00 e. The molecule has 1 aromatic rings. The quantitative estimate of drug-likeness (QED) is 0.470. The van der Waals surface area contributed by atoms with Crippen LogP contribution in [-0.2, 0) is 0 Å². The van der Waals surface area contributed by atoms with Crippen LogP contribution in [0.4, 0.5) is 5.69 Å². The van der Waals surface area contributed by atoms with Gasteiger partial charge in [-0.15, -0.1) is 0 Å². The number of rotatable bonds is 0. The fourth-order valence-electron chi connectivity index (χ4n) is 0.757. The fourth-order valence-corrected chi connectivity index (χ4v) is 1.36. The summed E-state index contributed by atoms with van der Waals surface area (Å²) < 4.78 is 0. The van der Waals surface area contributed by atoms with E-state index in [1.54, 1.807) is 11.8 Å². The Balaban J connectivity index is 0.000000500. The van der Waals surface area contributed by atoms with E-state index in [0.29, 0.717) is 0 Å². The zero-order valence-corrected chi connectivity index (χ0v) is 6.62. The van der Waals surface area contributed by atoms with Crippen molar-refractivity contribution in [2.75, 3.05) is 0 Å². The first-order valence-corrected chi connectivity index (χ1v) is 3.50. The molecule has 1 heterocycles. The van der Waals surface area contributed by atoms with Crippen molar-refractivity contribution in [3.8, 4) is 0 Å². The molecule has 0 N–H and O–H groups in total. The van der Waals surface area contributed by atoms with E-state index in [1.165, 1.54) is 4.90 Å². The molecule has 0 saturated carbocycles. The zero-order chi connectivity index (χ0) is 6.10. The maximum absolute atomic E-state index is 4.01. The van der Waals surface area contributed by atoms with Crippen LogP contribution < -0.4 is 12.4 Å². The second-order valence-corrected chi connectivity index (χ2v) is 2.60. The van der Waals surface area contributed by atoms with Crippen LogP contribution >= 0.6 is 11.8 Å². The van der Waals surface area contributed by atoms with Crippen LogP contribution in [0.2, 0.25) is 0 Å². The highest BCUT2D eigenvalue weighted by molar-refractivity contribution is 8.12. The molecule has 10 heavy (non-hydrogen) atoms. The lowest BCUT2D eigenvalue weighted by Crippen LogP contribution is -3.00. The molecule has 0 atom stereocenters. The minimum absolute atomic E-state index is 0. The lowest BCUT2D eigenvalue weighted by molar-refractivity contribution is -0.00000171. The molecular formula is C7H4ClNS. The van der Waals surface area contributed by atoms with E-state index in [2.05, 4.69) is 10.5 Å². The molecule has 0 amide bonds. The van der Waals surface area contributed by atoms with Crippen molar-refractivity contribution >= 4 is 23.0 Å². The van der Waals surface area contributed by atoms with E-state index < -0.39 is 0 Å². The number of hydrogen-bond acceptors (Lipinski definition) is 2. The van der Waals surface area contributed by atoms with Gasteiger partial charge in [0.2, 0.25) is 5.69 Å². The van der Waals surface area contributed by atoms with Crippen molar-refractivity contribution in [1.82, 2.24) is 0 Å². The smallest absolute Gasteiger partial charge is 0.272 e. The fraction of sp³-hybridized carbons (Fsp3) is 0. The molecule has 50 valence electrons. The predicted molar refractivity (Wildman–Crippen MR) is 39.4 cm³/mol. The van der Waals surface area contributed by atoms with Gasteiger partial charge in [0, 0.05) is 4.99 Å². The van der Waals surface area contributed by atoms with Crippen molar-refractivity contribution in [3.63, 3.8) is 0 Å². The van der Waals surface area contributed by atoms with E-state index in [-0.39, 0.29) is 12.4 Å². The molecule has 1 aliphatic rings. The first-order valence-electron chi connectivity index (χ1n) is 2.68. The summed E-state index contributed by atoms with van der Waals surface area (Å²) in [4.78, 5) is 5.22. The predicted octanol–water partition coefficient (Wildman–Crippen LogP) is -0.667. The van der Waals surface area contributed by atoms with Crippen LogP contribution in [0.15, 0.2) is 34.2 Å². The SMILES string of the molecule is [C+]1=Nc2ccccc2S1.[Cl-]. The van der Waals surface area contributed by atoms with Gasteiger partial charge in [0.1, 0.15) is 11.8 Å². The number of para-hydroxylation sites is 1. The molecule has 0 radical (unpaired) electrons. The van der Waals surface area contributed by atoms with Gasteiger partial charge >= 0.3 is 0 Å². The Bertz CT molecular complexity index is 260. The van der Waals surface area contributed by atoms with E-state index in [9.17, 15) is 0 Å². The highest BCUT2D eigenvalue weighted by atomic mass is 35.5. The summed E-state index contributed by atoms with van der Waals surface area (Å²) in [5.41, 5.74) is 3.87. The lowest BCUT2D eigenvalue weighted by atomic mass is 10.3. The maximum atomic E-state index is 4.01. The van der Waals surface area contributed by atoms with Gasteiger partial charge in [-0.05, 0) is 12.1 Å². The van der Waals surface area contributed by atoms with E-state index in [0.717, 1.165) is 5.69 Å². The Hall–Kier alpha value is -0.560. The molecule has 1 aliphatic heterocycles. The highest BCUT2D eigenvalue weighted by Crippen LogP contribution is 2.32. The Labute approximate surface area is 70.0 Å². The van der Waals surface area contributed by atoms with Gasteiger partial charge in [0.15, 0.2) is 4.90 Å². The average molecular weight is 170 g/mol. The summed E-state index contributed by atoms with van der Waals surface area (Å²) >= 11 is 1.55. The molecule has 1 aromatic carbocycles. The van der Waals surface area contributed by atoms with Gasteiger partial charge in [0.25, 0.3) is 5.55 Å². The Kier molecular flexibility index (Phi) is 2.28. The summed E-state index contributed by atoms with van der Waals surface area (Å²) in [6.07, 6.45) is 0. The zero-order valence-electron chi connectivity index (χ0n) is 5.04. The summed E-state index contributed by atoms with van der Waals surface area (Å²) in [7, 11) is 0. The Morgan fingerprint density at radius 1 is 1.30 bits per heavy atom. The number of thioether (sulfide) groups is 1. The minimum atomic E-state index is 0. The van der Waals surface area contributed by atoms with Gasteiger partial charge in [0.05, 0.1) is 6.07 Å². The van der Waals surface area contributed by atoms with Crippen LogP contribution in [0.1, 0.15) is 0 Å². The molecule has 1 nitrogen and oxygen atoms in total. The van der Waals surface area contributed by atoms with Gasteiger partial charge in [-0.1, -0.05) is 6.07 Å². The first kappa shape index (κ1) is 7.55. The van der Waals surface area contributed by atoms with Crippen LogP contribution in [0.3, 0.4) is 0 Å². The molecule has 0 saturated heterocycles. The molecule has 0 aromatic heterocycles. The number of benzene rings is 1. The molecule has 0 fully saturated rings. The third-order valence-corrected chi connectivity index (χ3v) is 1.93. The van der Waals surface area contributed by atoms with E-state index in [1.807, 2.05) is 24.3 Å². The van der Waals surface area contributed by atoms with Gasteiger partial charge in [-0.25, -0.2) is 0 Å². The normalized spacial score (nSPS) is 11.6. The summed E-state index contributed by atoms with van der Waals surface area (Å²) in [6.45, 7) is 0.